The third-order valence-electron chi connectivity index (χ3n) is 6.60. The van der Waals surface area contributed by atoms with E-state index in [1.165, 1.54) is 45.6 Å². The van der Waals surface area contributed by atoms with E-state index < -0.39 is 0 Å². The summed E-state index contributed by atoms with van der Waals surface area (Å²) in [5.74, 6) is 3.99. The van der Waals surface area contributed by atoms with Crippen LogP contribution < -0.4 is 0 Å². The maximum absolute atomic E-state index is 2.77. The smallest absolute Gasteiger partial charge is 0.0125 e. The molecule has 21 heavy (non-hydrogen) atoms. The van der Waals surface area contributed by atoms with E-state index in [2.05, 4.69) is 51.3 Å². The van der Waals surface area contributed by atoms with Gasteiger partial charge in [0.25, 0.3) is 0 Å². The summed E-state index contributed by atoms with van der Waals surface area (Å²) in [5.41, 5.74) is 0.887. The molecule has 3 fully saturated rings. The Morgan fingerprint density at radius 3 is 1.81 bits per heavy atom. The fourth-order valence-corrected chi connectivity index (χ4v) is 4.75. The number of hydrogen-bond donors (Lipinski definition) is 0. The molecule has 2 aliphatic heterocycles. The lowest BCUT2D eigenvalue weighted by molar-refractivity contribution is 0.0981. The Hall–Kier alpha value is -0.0800. The molecule has 1 saturated carbocycles. The van der Waals surface area contributed by atoms with Gasteiger partial charge in [-0.3, -0.25) is 4.90 Å². The molecule has 3 aliphatic rings. The maximum Gasteiger partial charge on any atom is 0.0125 e. The van der Waals surface area contributed by atoms with Crippen LogP contribution in [0.2, 0.25) is 0 Å². The van der Waals surface area contributed by atoms with Crippen LogP contribution in [0.4, 0.5) is 0 Å². The lowest BCUT2D eigenvalue weighted by Gasteiger charge is -2.39. The van der Waals surface area contributed by atoms with Crippen molar-refractivity contribution in [2.24, 2.45) is 29.1 Å². The van der Waals surface area contributed by atoms with Gasteiger partial charge < -0.3 is 4.90 Å². The van der Waals surface area contributed by atoms with Crippen LogP contribution in [0.1, 0.15) is 54.4 Å². The van der Waals surface area contributed by atoms with Crippen LogP contribution in [0.15, 0.2) is 0 Å². The van der Waals surface area contributed by atoms with Gasteiger partial charge in [0.15, 0.2) is 0 Å². The van der Waals surface area contributed by atoms with Crippen molar-refractivity contribution < 1.29 is 0 Å². The summed E-state index contributed by atoms with van der Waals surface area (Å²) in [4.78, 5) is 5.47. The highest BCUT2D eigenvalue weighted by atomic mass is 15.2. The van der Waals surface area contributed by atoms with Crippen molar-refractivity contribution in [2.75, 3.05) is 32.7 Å². The minimum absolute atomic E-state index is 0.378. The third kappa shape index (κ3) is 3.32. The standard InChI is InChI=1S/C19H36N2/c1-18(2,3)14-7-9-20(10-8-14)11-15-16-12-21(13-17(15)16)19(4,5)6/h14-17H,7-13H2,1-6H3/t15?,16-,17+. The van der Waals surface area contributed by atoms with Gasteiger partial charge >= 0.3 is 0 Å². The molecule has 2 heterocycles. The molecule has 1 unspecified atom stereocenters. The first-order valence-corrected chi connectivity index (χ1v) is 9.13. The molecule has 2 heteroatoms. The zero-order valence-electron chi connectivity index (χ0n) is 15.2. The van der Waals surface area contributed by atoms with Crippen molar-refractivity contribution in [1.29, 1.82) is 0 Å². The molecule has 0 N–H and O–H groups in total. The summed E-state index contributed by atoms with van der Waals surface area (Å²) in [7, 11) is 0. The minimum atomic E-state index is 0.378. The first-order chi connectivity index (χ1) is 9.66. The Labute approximate surface area is 132 Å². The normalized spacial score (nSPS) is 36.0. The highest BCUT2D eigenvalue weighted by Crippen LogP contribution is 2.53. The number of nitrogens with zero attached hydrogens (tertiary/aromatic N) is 2. The molecule has 1 aliphatic carbocycles. The Morgan fingerprint density at radius 1 is 0.857 bits per heavy atom. The molecular weight excluding hydrogens is 256 g/mol. The number of hydrogen-bond acceptors (Lipinski definition) is 2. The fourth-order valence-electron chi connectivity index (χ4n) is 4.75. The van der Waals surface area contributed by atoms with Gasteiger partial charge in [0.2, 0.25) is 0 Å². The number of fused-ring (bicyclic) bond motifs is 1. The predicted molar refractivity (Wildman–Crippen MR) is 90.4 cm³/mol. The van der Waals surface area contributed by atoms with Gasteiger partial charge in [-0.25, -0.2) is 0 Å². The summed E-state index contributed by atoms with van der Waals surface area (Å²) >= 11 is 0. The van der Waals surface area contributed by atoms with Crippen LogP contribution >= 0.6 is 0 Å². The first-order valence-electron chi connectivity index (χ1n) is 9.13. The second-order valence-corrected chi connectivity index (χ2v) is 10.0. The van der Waals surface area contributed by atoms with Crippen LogP contribution in [0.3, 0.4) is 0 Å². The van der Waals surface area contributed by atoms with Crippen molar-refractivity contribution in [3.8, 4) is 0 Å². The topological polar surface area (TPSA) is 6.48 Å². The molecule has 0 spiro atoms. The average molecular weight is 293 g/mol. The van der Waals surface area contributed by atoms with E-state index in [1.54, 1.807) is 0 Å². The molecule has 2 nitrogen and oxygen atoms in total. The van der Waals surface area contributed by atoms with Gasteiger partial charge in [-0.15, -0.1) is 0 Å². The van der Waals surface area contributed by atoms with Crippen LogP contribution in [0.25, 0.3) is 0 Å². The van der Waals surface area contributed by atoms with Gasteiger partial charge in [-0.1, -0.05) is 20.8 Å². The summed E-state index contributed by atoms with van der Waals surface area (Å²) in [6.45, 7) is 21.2. The first kappa shape index (κ1) is 15.8. The molecule has 2 saturated heterocycles. The Balaban J connectivity index is 1.42. The van der Waals surface area contributed by atoms with Crippen molar-refractivity contribution in [2.45, 2.75) is 59.9 Å². The molecule has 0 radical (unpaired) electrons. The zero-order valence-corrected chi connectivity index (χ0v) is 15.2. The molecule has 122 valence electrons. The molecule has 0 aromatic carbocycles. The monoisotopic (exact) mass is 292 g/mol. The van der Waals surface area contributed by atoms with E-state index in [9.17, 15) is 0 Å². The second-order valence-electron chi connectivity index (χ2n) is 10.0. The van der Waals surface area contributed by atoms with Crippen molar-refractivity contribution >= 4 is 0 Å². The molecule has 0 bridgehead atoms. The van der Waals surface area contributed by atoms with Crippen molar-refractivity contribution in [3.05, 3.63) is 0 Å². The van der Waals surface area contributed by atoms with E-state index >= 15 is 0 Å². The van der Waals surface area contributed by atoms with Gasteiger partial charge in [0.1, 0.15) is 0 Å². The van der Waals surface area contributed by atoms with E-state index in [0.717, 1.165) is 23.7 Å². The van der Waals surface area contributed by atoms with Crippen LogP contribution in [0.5, 0.6) is 0 Å². The van der Waals surface area contributed by atoms with Gasteiger partial charge in [-0.05, 0) is 75.8 Å². The number of likely N-dealkylation sites (tertiary alicyclic amines) is 2. The molecular formula is C19H36N2. The summed E-state index contributed by atoms with van der Waals surface area (Å²) < 4.78 is 0. The second kappa shape index (κ2) is 5.23. The predicted octanol–water partition coefficient (Wildman–Crippen LogP) is 3.72. The number of piperidine rings is 2. The quantitative estimate of drug-likeness (QED) is 0.765. The lowest BCUT2D eigenvalue weighted by atomic mass is 9.75. The van der Waals surface area contributed by atoms with E-state index in [4.69, 9.17) is 0 Å². The van der Waals surface area contributed by atoms with E-state index in [0.29, 0.717) is 11.0 Å². The molecule has 0 aromatic heterocycles. The fraction of sp³-hybridized carbons (Fsp3) is 1.00. The molecule has 3 rings (SSSR count). The lowest BCUT2D eigenvalue weighted by Crippen LogP contribution is -2.43. The van der Waals surface area contributed by atoms with Crippen LogP contribution in [-0.2, 0) is 0 Å². The molecule has 3 atom stereocenters. The van der Waals surface area contributed by atoms with Gasteiger partial charge in [0.05, 0.1) is 0 Å². The van der Waals surface area contributed by atoms with Gasteiger partial charge in [0, 0.05) is 25.2 Å². The summed E-state index contributed by atoms with van der Waals surface area (Å²) in [5, 5.41) is 0. The largest absolute Gasteiger partial charge is 0.303 e. The maximum atomic E-state index is 2.77. The van der Waals surface area contributed by atoms with Crippen LogP contribution in [0, 0.1) is 29.1 Å². The van der Waals surface area contributed by atoms with E-state index in [-0.39, 0.29) is 0 Å². The Bertz CT molecular complexity index is 344. The SMILES string of the molecule is CC(C)(C)C1CCN(CC2[C@H]3CN(C(C)(C)C)C[C@@H]23)CC1. The average Bonchev–Trinajstić information content (AvgIpc) is 2.82. The highest BCUT2D eigenvalue weighted by molar-refractivity contribution is 5.08. The molecule has 0 aromatic rings. The summed E-state index contributed by atoms with van der Waals surface area (Å²) in [6.07, 6.45) is 2.83. The number of rotatable bonds is 2. The van der Waals surface area contributed by atoms with Crippen molar-refractivity contribution in [3.63, 3.8) is 0 Å². The third-order valence-corrected chi connectivity index (χ3v) is 6.60. The zero-order chi connectivity index (χ0) is 15.4. The van der Waals surface area contributed by atoms with Crippen LogP contribution in [-0.4, -0.2) is 48.1 Å². The van der Waals surface area contributed by atoms with Crippen molar-refractivity contribution in [1.82, 2.24) is 9.80 Å². The molecule has 0 amide bonds. The Morgan fingerprint density at radius 2 is 1.38 bits per heavy atom. The Kier molecular flexibility index (Phi) is 3.94. The van der Waals surface area contributed by atoms with E-state index in [1.807, 2.05) is 0 Å². The van der Waals surface area contributed by atoms with Gasteiger partial charge in [-0.2, -0.15) is 0 Å². The minimum Gasteiger partial charge on any atom is -0.303 e. The highest BCUT2D eigenvalue weighted by Gasteiger charge is 2.57. The summed E-state index contributed by atoms with van der Waals surface area (Å²) in [6, 6.07) is 0.